The SMILES string of the molecule is CC(Cn1ccnc1)NCc1ccc(C(=O)N2CCCC2)cc1. The fourth-order valence-corrected chi connectivity index (χ4v) is 2.94. The van der Waals surface area contributed by atoms with E-state index < -0.39 is 0 Å². The van der Waals surface area contributed by atoms with E-state index in [0.29, 0.717) is 6.04 Å². The summed E-state index contributed by atoms with van der Waals surface area (Å²) in [5.74, 6) is 0.162. The van der Waals surface area contributed by atoms with Crippen LogP contribution in [0.2, 0.25) is 0 Å². The molecule has 1 atom stereocenters. The molecule has 1 aliphatic heterocycles. The van der Waals surface area contributed by atoms with Gasteiger partial charge in [-0.25, -0.2) is 4.98 Å². The van der Waals surface area contributed by atoms with Gasteiger partial charge in [0.05, 0.1) is 6.33 Å². The number of carbonyl (C=O) groups is 1. The standard InChI is InChI=1S/C18H24N4O/c1-15(13-21-11-8-19-14-21)20-12-16-4-6-17(7-5-16)18(23)22-9-2-3-10-22/h4-8,11,14-15,20H,2-3,9-10,12-13H2,1H3. The second-order valence-electron chi connectivity index (χ2n) is 6.24. The van der Waals surface area contributed by atoms with Gasteiger partial charge in [0.15, 0.2) is 0 Å². The van der Waals surface area contributed by atoms with Crippen molar-refractivity contribution >= 4 is 5.91 Å². The Labute approximate surface area is 137 Å². The van der Waals surface area contributed by atoms with Crippen LogP contribution in [-0.4, -0.2) is 39.5 Å². The van der Waals surface area contributed by atoms with Crippen LogP contribution in [0.3, 0.4) is 0 Å². The molecule has 5 heteroatoms. The third-order valence-corrected chi connectivity index (χ3v) is 4.29. The number of nitrogens with zero attached hydrogens (tertiary/aromatic N) is 3. The van der Waals surface area contributed by atoms with Gasteiger partial charge >= 0.3 is 0 Å². The number of amides is 1. The minimum atomic E-state index is 0.162. The summed E-state index contributed by atoms with van der Waals surface area (Å²) in [7, 11) is 0. The monoisotopic (exact) mass is 312 g/mol. The predicted octanol–water partition coefficient (Wildman–Crippen LogP) is 2.30. The molecule has 0 radical (unpaired) electrons. The van der Waals surface area contributed by atoms with Gasteiger partial charge < -0.3 is 14.8 Å². The fraction of sp³-hybridized carbons (Fsp3) is 0.444. The zero-order valence-electron chi connectivity index (χ0n) is 13.6. The average molecular weight is 312 g/mol. The van der Waals surface area contributed by atoms with Crippen LogP contribution in [0.4, 0.5) is 0 Å². The largest absolute Gasteiger partial charge is 0.339 e. The Hall–Kier alpha value is -2.14. The molecular formula is C18H24N4O. The van der Waals surface area contributed by atoms with Crippen LogP contribution in [0, 0.1) is 0 Å². The Morgan fingerprint density at radius 1 is 1.26 bits per heavy atom. The highest BCUT2D eigenvalue weighted by Gasteiger charge is 2.19. The maximum Gasteiger partial charge on any atom is 0.253 e. The highest BCUT2D eigenvalue weighted by molar-refractivity contribution is 5.94. The van der Waals surface area contributed by atoms with E-state index in [0.717, 1.165) is 44.6 Å². The summed E-state index contributed by atoms with van der Waals surface area (Å²) in [6.07, 6.45) is 7.85. The Morgan fingerprint density at radius 3 is 2.65 bits per heavy atom. The number of aromatic nitrogens is 2. The lowest BCUT2D eigenvalue weighted by atomic mass is 10.1. The Balaban J connectivity index is 1.50. The average Bonchev–Trinajstić information content (AvgIpc) is 3.26. The molecule has 1 unspecified atom stereocenters. The van der Waals surface area contributed by atoms with E-state index in [2.05, 4.69) is 21.8 Å². The molecule has 122 valence electrons. The van der Waals surface area contributed by atoms with Crippen LogP contribution in [-0.2, 0) is 13.1 Å². The fourth-order valence-electron chi connectivity index (χ4n) is 2.94. The number of likely N-dealkylation sites (tertiary alicyclic amines) is 1. The maximum absolute atomic E-state index is 12.3. The summed E-state index contributed by atoms with van der Waals surface area (Å²) in [6.45, 7) is 5.65. The number of nitrogens with one attached hydrogen (secondary N) is 1. The van der Waals surface area contributed by atoms with Gasteiger partial charge in [-0.1, -0.05) is 12.1 Å². The molecule has 1 N–H and O–H groups in total. The van der Waals surface area contributed by atoms with Crippen LogP contribution in [0.15, 0.2) is 43.0 Å². The second-order valence-corrected chi connectivity index (χ2v) is 6.24. The zero-order chi connectivity index (χ0) is 16.1. The molecule has 1 aromatic heterocycles. The van der Waals surface area contributed by atoms with Gasteiger partial charge in [-0.3, -0.25) is 4.79 Å². The second kappa shape index (κ2) is 7.42. The molecule has 5 nitrogen and oxygen atoms in total. The highest BCUT2D eigenvalue weighted by atomic mass is 16.2. The lowest BCUT2D eigenvalue weighted by molar-refractivity contribution is 0.0793. The number of benzene rings is 1. The zero-order valence-corrected chi connectivity index (χ0v) is 13.6. The molecule has 0 saturated carbocycles. The van der Waals surface area contributed by atoms with Gasteiger partial charge in [0.2, 0.25) is 0 Å². The molecule has 1 fully saturated rings. The van der Waals surface area contributed by atoms with Crippen LogP contribution in [0.1, 0.15) is 35.7 Å². The Kier molecular flexibility index (Phi) is 5.08. The van der Waals surface area contributed by atoms with E-state index in [1.165, 1.54) is 5.56 Å². The summed E-state index contributed by atoms with van der Waals surface area (Å²) >= 11 is 0. The molecule has 3 rings (SSSR count). The predicted molar refractivity (Wildman–Crippen MR) is 90.1 cm³/mol. The molecule has 2 aromatic rings. The van der Waals surface area contributed by atoms with Crippen LogP contribution in [0.25, 0.3) is 0 Å². The van der Waals surface area contributed by atoms with Gasteiger partial charge in [0.1, 0.15) is 0 Å². The van der Waals surface area contributed by atoms with Crippen molar-refractivity contribution in [2.75, 3.05) is 13.1 Å². The number of rotatable bonds is 6. The summed E-state index contributed by atoms with van der Waals surface area (Å²) in [6, 6.07) is 8.33. The van der Waals surface area contributed by atoms with Crippen molar-refractivity contribution in [2.45, 2.75) is 38.9 Å². The first-order valence-corrected chi connectivity index (χ1v) is 8.30. The molecule has 23 heavy (non-hydrogen) atoms. The number of hydrogen-bond acceptors (Lipinski definition) is 3. The minimum absolute atomic E-state index is 0.162. The van der Waals surface area contributed by atoms with E-state index >= 15 is 0 Å². The Morgan fingerprint density at radius 2 is 2.00 bits per heavy atom. The summed E-state index contributed by atoms with van der Waals surface area (Å²) in [5.41, 5.74) is 1.99. The first-order valence-electron chi connectivity index (χ1n) is 8.30. The summed E-state index contributed by atoms with van der Waals surface area (Å²) < 4.78 is 2.06. The van der Waals surface area contributed by atoms with E-state index in [1.807, 2.05) is 41.7 Å². The third-order valence-electron chi connectivity index (χ3n) is 4.29. The number of imidazole rings is 1. The van der Waals surface area contributed by atoms with Crippen molar-refractivity contribution in [2.24, 2.45) is 0 Å². The van der Waals surface area contributed by atoms with Crippen molar-refractivity contribution in [1.29, 1.82) is 0 Å². The van der Waals surface area contributed by atoms with Gasteiger partial charge in [-0.05, 0) is 37.5 Å². The van der Waals surface area contributed by atoms with Crippen LogP contribution < -0.4 is 5.32 Å². The maximum atomic E-state index is 12.3. The van der Waals surface area contributed by atoms with Gasteiger partial charge in [0, 0.05) is 50.2 Å². The van der Waals surface area contributed by atoms with Crippen molar-refractivity contribution in [3.05, 3.63) is 54.1 Å². The van der Waals surface area contributed by atoms with Gasteiger partial charge in [-0.15, -0.1) is 0 Å². The van der Waals surface area contributed by atoms with Crippen molar-refractivity contribution in [1.82, 2.24) is 19.8 Å². The topological polar surface area (TPSA) is 50.2 Å². The Bertz CT molecular complexity index is 615. The smallest absolute Gasteiger partial charge is 0.253 e. The van der Waals surface area contributed by atoms with Gasteiger partial charge in [0.25, 0.3) is 5.91 Å². The van der Waals surface area contributed by atoms with Crippen LogP contribution >= 0.6 is 0 Å². The van der Waals surface area contributed by atoms with Crippen molar-refractivity contribution in [3.63, 3.8) is 0 Å². The quantitative estimate of drug-likeness (QED) is 0.890. The van der Waals surface area contributed by atoms with Crippen molar-refractivity contribution in [3.8, 4) is 0 Å². The molecule has 2 heterocycles. The van der Waals surface area contributed by atoms with E-state index in [1.54, 1.807) is 6.20 Å². The molecule has 1 amide bonds. The molecule has 1 aliphatic rings. The van der Waals surface area contributed by atoms with Crippen molar-refractivity contribution < 1.29 is 4.79 Å². The summed E-state index contributed by atoms with van der Waals surface area (Å²) in [5, 5.41) is 3.50. The lowest BCUT2D eigenvalue weighted by Crippen LogP contribution is -2.29. The molecule has 1 saturated heterocycles. The minimum Gasteiger partial charge on any atom is -0.339 e. The lowest BCUT2D eigenvalue weighted by Gasteiger charge is -2.16. The number of carbonyl (C=O) groups excluding carboxylic acids is 1. The molecule has 0 aliphatic carbocycles. The normalized spacial score (nSPS) is 15.8. The first kappa shape index (κ1) is 15.7. The molecule has 1 aromatic carbocycles. The number of hydrogen-bond donors (Lipinski definition) is 1. The van der Waals surface area contributed by atoms with Gasteiger partial charge in [-0.2, -0.15) is 0 Å². The third kappa shape index (κ3) is 4.20. The summed E-state index contributed by atoms with van der Waals surface area (Å²) in [4.78, 5) is 18.3. The molecular weight excluding hydrogens is 288 g/mol. The molecule has 0 bridgehead atoms. The van der Waals surface area contributed by atoms with Crippen LogP contribution in [0.5, 0.6) is 0 Å². The van der Waals surface area contributed by atoms with E-state index in [4.69, 9.17) is 0 Å². The molecule has 0 spiro atoms. The van der Waals surface area contributed by atoms with E-state index in [9.17, 15) is 4.79 Å². The van der Waals surface area contributed by atoms with E-state index in [-0.39, 0.29) is 5.91 Å². The first-order chi connectivity index (χ1) is 11.2. The highest BCUT2D eigenvalue weighted by Crippen LogP contribution is 2.13.